The molecular weight excluding hydrogens is 200 g/mol. The van der Waals surface area contributed by atoms with Crippen molar-refractivity contribution in [2.24, 2.45) is 5.92 Å². The number of nitrogens with zero attached hydrogens (tertiary/aromatic N) is 3. The summed E-state index contributed by atoms with van der Waals surface area (Å²) < 4.78 is 0. The summed E-state index contributed by atoms with van der Waals surface area (Å²) >= 11 is 0. The van der Waals surface area contributed by atoms with Crippen molar-refractivity contribution in [2.75, 3.05) is 5.32 Å². The zero-order chi connectivity index (χ0) is 11.4. The van der Waals surface area contributed by atoms with E-state index in [0.717, 1.165) is 0 Å². The molecular formula is C8H12N4O3. The van der Waals surface area contributed by atoms with Crippen molar-refractivity contribution in [1.82, 2.24) is 15.0 Å². The van der Waals surface area contributed by atoms with Gasteiger partial charge in [0.1, 0.15) is 0 Å². The minimum atomic E-state index is -0.909. The van der Waals surface area contributed by atoms with E-state index in [4.69, 9.17) is 5.11 Å². The van der Waals surface area contributed by atoms with Crippen LogP contribution >= 0.6 is 0 Å². The van der Waals surface area contributed by atoms with Crippen LogP contribution in [0.25, 0.3) is 0 Å². The summed E-state index contributed by atoms with van der Waals surface area (Å²) in [5.74, 6) is -1.40. The third kappa shape index (κ3) is 3.37. The number of aromatic nitrogens is 3. The molecule has 0 saturated carbocycles. The molecule has 2 N–H and O–H groups in total. The van der Waals surface area contributed by atoms with Crippen molar-refractivity contribution in [3.63, 3.8) is 0 Å². The predicted octanol–water partition coefficient (Wildman–Crippen LogP) is -0.0428. The number of rotatable bonds is 4. The number of amides is 1. The van der Waals surface area contributed by atoms with Crippen LogP contribution in [0.5, 0.6) is 0 Å². The SMILES string of the molecule is CC(=O)Nc1cnn(CC(C)C(=O)O)n1. The number of hydrogen-bond donors (Lipinski definition) is 2. The van der Waals surface area contributed by atoms with Crippen LogP contribution in [0.15, 0.2) is 6.20 Å². The first kappa shape index (κ1) is 11.2. The zero-order valence-electron chi connectivity index (χ0n) is 8.47. The van der Waals surface area contributed by atoms with Crippen LogP contribution in [0.3, 0.4) is 0 Å². The first-order valence-electron chi connectivity index (χ1n) is 4.39. The zero-order valence-corrected chi connectivity index (χ0v) is 8.47. The summed E-state index contributed by atoms with van der Waals surface area (Å²) in [6.07, 6.45) is 1.37. The molecule has 0 saturated heterocycles. The lowest BCUT2D eigenvalue weighted by atomic mass is 10.2. The highest BCUT2D eigenvalue weighted by Crippen LogP contribution is 2.02. The van der Waals surface area contributed by atoms with Crippen molar-refractivity contribution in [3.8, 4) is 0 Å². The van der Waals surface area contributed by atoms with Crippen LogP contribution in [0, 0.1) is 5.92 Å². The quantitative estimate of drug-likeness (QED) is 0.729. The second-order valence-electron chi connectivity index (χ2n) is 3.21. The maximum Gasteiger partial charge on any atom is 0.308 e. The predicted molar refractivity (Wildman–Crippen MR) is 51.1 cm³/mol. The molecule has 0 aliphatic heterocycles. The Morgan fingerprint density at radius 3 is 2.87 bits per heavy atom. The van der Waals surface area contributed by atoms with Gasteiger partial charge in [-0.1, -0.05) is 6.92 Å². The van der Waals surface area contributed by atoms with Crippen molar-refractivity contribution in [3.05, 3.63) is 6.20 Å². The molecule has 1 aromatic rings. The van der Waals surface area contributed by atoms with Crippen molar-refractivity contribution < 1.29 is 14.7 Å². The highest BCUT2D eigenvalue weighted by molar-refractivity contribution is 5.87. The third-order valence-corrected chi connectivity index (χ3v) is 1.70. The molecule has 7 nitrogen and oxygen atoms in total. The molecule has 7 heteroatoms. The summed E-state index contributed by atoms with van der Waals surface area (Å²) in [6.45, 7) is 3.09. The average molecular weight is 212 g/mol. The van der Waals surface area contributed by atoms with Crippen molar-refractivity contribution in [2.45, 2.75) is 20.4 Å². The second kappa shape index (κ2) is 4.54. The molecule has 0 aliphatic carbocycles. The maximum atomic E-state index is 10.7. The number of aliphatic carboxylic acids is 1. The van der Waals surface area contributed by atoms with Gasteiger partial charge in [0, 0.05) is 6.92 Å². The summed E-state index contributed by atoms with van der Waals surface area (Å²) in [5.41, 5.74) is 0. The number of hydrogen-bond acceptors (Lipinski definition) is 4. The highest BCUT2D eigenvalue weighted by Gasteiger charge is 2.13. The largest absolute Gasteiger partial charge is 0.481 e. The van der Waals surface area contributed by atoms with Gasteiger partial charge in [-0.05, 0) is 0 Å². The number of carbonyl (C=O) groups excluding carboxylic acids is 1. The van der Waals surface area contributed by atoms with E-state index in [1.165, 1.54) is 17.9 Å². The first-order valence-corrected chi connectivity index (χ1v) is 4.39. The summed E-state index contributed by atoms with van der Waals surface area (Å²) in [4.78, 5) is 22.5. The Morgan fingerprint density at radius 2 is 2.33 bits per heavy atom. The number of carboxylic acids is 1. The topological polar surface area (TPSA) is 97.1 Å². The molecule has 0 bridgehead atoms. The Morgan fingerprint density at radius 1 is 1.67 bits per heavy atom. The molecule has 0 aromatic carbocycles. The first-order chi connectivity index (χ1) is 6.99. The smallest absolute Gasteiger partial charge is 0.308 e. The molecule has 0 spiro atoms. The van der Waals surface area contributed by atoms with Gasteiger partial charge < -0.3 is 10.4 Å². The fourth-order valence-electron chi connectivity index (χ4n) is 0.946. The lowest BCUT2D eigenvalue weighted by Crippen LogP contribution is -2.18. The lowest BCUT2D eigenvalue weighted by Gasteiger charge is -2.03. The van der Waals surface area contributed by atoms with Gasteiger partial charge in [-0.15, -0.1) is 5.10 Å². The monoisotopic (exact) mass is 212 g/mol. The van der Waals surface area contributed by atoms with E-state index in [-0.39, 0.29) is 12.5 Å². The fraction of sp³-hybridized carbons (Fsp3) is 0.500. The molecule has 1 atom stereocenters. The molecule has 1 heterocycles. The van der Waals surface area contributed by atoms with Gasteiger partial charge in [0.25, 0.3) is 0 Å². The van der Waals surface area contributed by atoms with Crippen LogP contribution in [-0.4, -0.2) is 32.0 Å². The maximum absolute atomic E-state index is 10.7. The summed E-state index contributed by atoms with van der Waals surface area (Å²) in [5, 5.41) is 18.8. The van der Waals surface area contributed by atoms with Gasteiger partial charge in [0.2, 0.25) is 5.91 Å². The minimum absolute atomic E-state index is 0.176. The number of anilines is 1. The molecule has 0 radical (unpaired) electrons. The van der Waals surface area contributed by atoms with Crippen molar-refractivity contribution >= 4 is 17.7 Å². The van der Waals surface area contributed by atoms with Crippen LogP contribution < -0.4 is 5.32 Å². The Balaban J connectivity index is 2.60. The molecule has 1 amide bonds. The normalized spacial score (nSPS) is 12.1. The molecule has 0 aliphatic rings. The van der Waals surface area contributed by atoms with E-state index < -0.39 is 11.9 Å². The third-order valence-electron chi connectivity index (χ3n) is 1.70. The lowest BCUT2D eigenvalue weighted by molar-refractivity contribution is -0.141. The van der Waals surface area contributed by atoms with E-state index in [1.807, 2.05) is 0 Å². The van der Waals surface area contributed by atoms with Gasteiger partial charge >= 0.3 is 5.97 Å². The Bertz CT molecular complexity index is 374. The molecule has 1 unspecified atom stereocenters. The van der Waals surface area contributed by atoms with Crippen LogP contribution in [0.2, 0.25) is 0 Å². The van der Waals surface area contributed by atoms with Crippen LogP contribution in [0.4, 0.5) is 5.82 Å². The molecule has 1 rings (SSSR count). The number of carboxylic acid groups (broad SMARTS) is 1. The molecule has 0 fully saturated rings. The van der Waals surface area contributed by atoms with Gasteiger partial charge in [-0.2, -0.15) is 9.90 Å². The average Bonchev–Trinajstić information content (AvgIpc) is 2.51. The van der Waals surface area contributed by atoms with Gasteiger partial charge in [0.05, 0.1) is 18.7 Å². The van der Waals surface area contributed by atoms with E-state index in [2.05, 4.69) is 15.5 Å². The Hall–Kier alpha value is -1.92. The van der Waals surface area contributed by atoms with Crippen LogP contribution in [0.1, 0.15) is 13.8 Å². The van der Waals surface area contributed by atoms with E-state index in [1.54, 1.807) is 6.92 Å². The molecule has 1 aromatic heterocycles. The van der Waals surface area contributed by atoms with Gasteiger partial charge in [0.15, 0.2) is 5.82 Å². The highest BCUT2D eigenvalue weighted by atomic mass is 16.4. The van der Waals surface area contributed by atoms with E-state index in [0.29, 0.717) is 5.82 Å². The second-order valence-corrected chi connectivity index (χ2v) is 3.21. The standard InChI is InChI=1S/C8H12N4O3/c1-5(8(14)15)4-12-9-3-7(11-12)10-6(2)13/h3,5H,4H2,1-2H3,(H,14,15)(H,10,11,13). The van der Waals surface area contributed by atoms with E-state index >= 15 is 0 Å². The van der Waals surface area contributed by atoms with Gasteiger partial charge in [-0.3, -0.25) is 9.59 Å². The number of nitrogens with one attached hydrogen (secondary N) is 1. The van der Waals surface area contributed by atoms with Crippen molar-refractivity contribution in [1.29, 1.82) is 0 Å². The van der Waals surface area contributed by atoms with Gasteiger partial charge in [-0.25, -0.2) is 0 Å². The molecule has 82 valence electrons. The van der Waals surface area contributed by atoms with Crippen LogP contribution in [-0.2, 0) is 16.1 Å². The molecule has 15 heavy (non-hydrogen) atoms. The number of carbonyl (C=O) groups is 2. The van der Waals surface area contributed by atoms with E-state index in [9.17, 15) is 9.59 Å². The summed E-state index contributed by atoms with van der Waals surface area (Å²) in [7, 11) is 0. The minimum Gasteiger partial charge on any atom is -0.481 e. The fourth-order valence-corrected chi connectivity index (χ4v) is 0.946. The summed E-state index contributed by atoms with van der Waals surface area (Å²) in [6, 6.07) is 0. The Kier molecular flexibility index (Phi) is 3.37. The Labute approximate surface area is 86.1 Å².